The Kier molecular flexibility index (Phi) is 1.89. The second-order valence-corrected chi connectivity index (χ2v) is 4.13. The molecule has 1 N–H and O–H groups in total. The predicted molar refractivity (Wildman–Crippen MR) is 62.6 cm³/mol. The topological polar surface area (TPSA) is 69.5 Å². The van der Waals surface area contributed by atoms with Gasteiger partial charge in [-0.2, -0.15) is 5.26 Å². The summed E-state index contributed by atoms with van der Waals surface area (Å²) in [5, 5.41) is 9.00. The molecule has 0 amide bonds. The van der Waals surface area contributed by atoms with Crippen LogP contribution in [0.15, 0.2) is 23.3 Å². The zero-order valence-electron chi connectivity index (χ0n) is 9.24. The Morgan fingerprint density at radius 1 is 1.53 bits per heavy atom. The van der Waals surface area contributed by atoms with Crippen molar-refractivity contribution in [2.45, 2.75) is 13.3 Å². The maximum atomic E-state index is 11.7. The lowest BCUT2D eigenvalue weighted by Gasteiger charge is -2.06. The third-order valence-corrected chi connectivity index (χ3v) is 3.20. The first-order chi connectivity index (χ1) is 8.22. The Morgan fingerprint density at radius 3 is 3.12 bits per heavy atom. The van der Waals surface area contributed by atoms with Crippen molar-refractivity contribution in [2.24, 2.45) is 0 Å². The first-order valence-corrected chi connectivity index (χ1v) is 5.31. The molecule has 0 atom stereocenters. The van der Waals surface area contributed by atoms with Crippen molar-refractivity contribution in [3.63, 3.8) is 0 Å². The largest absolute Gasteiger partial charge is 0.324 e. The van der Waals surface area contributed by atoms with Crippen molar-refractivity contribution < 1.29 is 0 Å². The van der Waals surface area contributed by atoms with E-state index in [4.69, 9.17) is 5.26 Å². The smallest absolute Gasteiger partial charge is 0.266 e. The second-order valence-electron chi connectivity index (χ2n) is 4.13. The van der Waals surface area contributed by atoms with Crippen LogP contribution in [0.3, 0.4) is 0 Å². The highest BCUT2D eigenvalue weighted by molar-refractivity contribution is 5.78. The first kappa shape index (κ1) is 9.79. The van der Waals surface area contributed by atoms with E-state index in [1.54, 1.807) is 12.4 Å². The molecular weight excluding hydrogens is 214 g/mol. The van der Waals surface area contributed by atoms with E-state index in [2.05, 4.69) is 9.97 Å². The van der Waals surface area contributed by atoms with Crippen LogP contribution in [0.2, 0.25) is 0 Å². The number of pyridine rings is 2. The van der Waals surface area contributed by atoms with Gasteiger partial charge in [-0.1, -0.05) is 0 Å². The molecule has 1 aliphatic carbocycles. The fourth-order valence-corrected chi connectivity index (χ4v) is 2.42. The number of fused-ring (bicyclic) bond motifs is 3. The molecule has 82 valence electrons. The van der Waals surface area contributed by atoms with Gasteiger partial charge in [0.15, 0.2) is 0 Å². The summed E-state index contributed by atoms with van der Waals surface area (Å²) in [7, 11) is 0. The summed E-state index contributed by atoms with van der Waals surface area (Å²) in [6.45, 7) is 1.82. The van der Waals surface area contributed by atoms with Gasteiger partial charge in [-0.25, -0.2) is 0 Å². The van der Waals surface area contributed by atoms with Crippen LogP contribution in [0, 0.1) is 18.3 Å². The molecule has 0 saturated carbocycles. The highest BCUT2D eigenvalue weighted by Gasteiger charge is 2.23. The molecule has 2 aromatic rings. The molecule has 0 fully saturated rings. The van der Waals surface area contributed by atoms with Gasteiger partial charge in [0, 0.05) is 30.1 Å². The van der Waals surface area contributed by atoms with Gasteiger partial charge in [0.05, 0.1) is 0 Å². The van der Waals surface area contributed by atoms with Crippen molar-refractivity contribution >= 4 is 0 Å². The highest BCUT2D eigenvalue weighted by Crippen LogP contribution is 2.36. The van der Waals surface area contributed by atoms with Gasteiger partial charge in [0.25, 0.3) is 5.56 Å². The lowest BCUT2D eigenvalue weighted by molar-refractivity contribution is 1.06. The molecule has 0 saturated heterocycles. The van der Waals surface area contributed by atoms with Crippen LogP contribution < -0.4 is 5.56 Å². The molecule has 0 radical (unpaired) electrons. The number of H-pyrrole nitrogens is 1. The number of nitrogens with one attached hydrogen (secondary N) is 1. The third-order valence-electron chi connectivity index (χ3n) is 3.20. The molecule has 4 nitrogen and oxygen atoms in total. The molecule has 17 heavy (non-hydrogen) atoms. The lowest BCUT2D eigenvalue weighted by Crippen LogP contribution is -2.14. The van der Waals surface area contributed by atoms with E-state index in [0.717, 1.165) is 27.9 Å². The quantitative estimate of drug-likeness (QED) is 0.628. The Bertz CT molecular complexity index is 722. The van der Waals surface area contributed by atoms with E-state index in [-0.39, 0.29) is 11.1 Å². The number of nitriles is 1. The van der Waals surface area contributed by atoms with Crippen LogP contribution in [0.1, 0.15) is 22.4 Å². The van der Waals surface area contributed by atoms with Crippen molar-refractivity contribution in [1.29, 1.82) is 5.26 Å². The summed E-state index contributed by atoms with van der Waals surface area (Å²) in [6.07, 6.45) is 4.21. The molecular formula is C13H9N3O. The van der Waals surface area contributed by atoms with Gasteiger partial charge in [-0.3, -0.25) is 9.78 Å². The lowest BCUT2D eigenvalue weighted by atomic mass is 10.0. The summed E-state index contributed by atoms with van der Waals surface area (Å²) in [5.74, 6) is 0. The van der Waals surface area contributed by atoms with Crippen LogP contribution in [0.25, 0.3) is 11.1 Å². The van der Waals surface area contributed by atoms with Gasteiger partial charge in [0.1, 0.15) is 11.6 Å². The molecule has 4 heteroatoms. The fourth-order valence-electron chi connectivity index (χ4n) is 2.42. The zero-order chi connectivity index (χ0) is 12.0. The maximum Gasteiger partial charge on any atom is 0.266 e. The predicted octanol–water partition coefficient (Wildman–Crippen LogP) is 1.52. The second kappa shape index (κ2) is 3.29. The molecule has 0 spiro atoms. The molecule has 0 bridgehead atoms. The first-order valence-electron chi connectivity index (χ1n) is 5.31. The van der Waals surface area contributed by atoms with Crippen LogP contribution in [-0.4, -0.2) is 9.97 Å². The van der Waals surface area contributed by atoms with Crippen molar-refractivity contribution in [2.75, 3.05) is 0 Å². The molecule has 2 heterocycles. The average molecular weight is 223 g/mol. The number of aromatic nitrogens is 2. The van der Waals surface area contributed by atoms with Gasteiger partial charge in [-0.05, 0) is 29.7 Å². The highest BCUT2D eigenvalue weighted by atomic mass is 16.1. The molecule has 1 aliphatic rings. The van der Waals surface area contributed by atoms with Crippen LogP contribution in [0.4, 0.5) is 0 Å². The number of rotatable bonds is 0. The average Bonchev–Trinajstić information content (AvgIpc) is 2.67. The SMILES string of the molecule is Cc1c2c([nH]c(=O)c1C#N)Cc1cnccc1-2. The van der Waals surface area contributed by atoms with Crippen molar-refractivity contribution in [3.05, 3.63) is 51.2 Å². The van der Waals surface area contributed by atoms with Gasteiger partial charge >= 0.3 is 0 Å². The van der Waals surface area contributed by atoms with Crippen molar-refractivity contribution in [3.8, 4) is 17.2 Å². The number of nitrogens with zero attached hydrogens (tertiary/aromatic N) is 2. The van der Waals surface area contributed by atoms with Crippen LogP contribution in [0.5, 0.6) is 0 Å². The van der Waals surface area contributed by atoms with Crippen LogP contribution in [-0.2, 0) is 6.42 Å². The fraction of sp³-hybridized carbons (Fsp3) is 0.154. The molecule has 2 aromatic heterocycles. The molecule has 3 rings (SSSR count). The minimum Gasteiger partial charge on any atom is -0.324 e. The Morgan fingerprint density at radius 2 is 2.35 bits per heavy atom. The van der Waals surface area contributed by atoms with E-state index in [0.29, 0.717) is 6.42 Å². The molecule has 0 unspecified atom stereocenters. The summed E-state index contributed by atoms with van der Waals surface area (Å²) in [4.78, 5) is 18.6. The Labute approximate surface area is 97.6 Å². The van der Waals surface area contributed by atoms with E-state index in [1.807, 2.05) is 19.1 Å². The number of hydrogen-bond donors (Lipinski definition) is 1. The Hall–Kier alpha value is -2.41. The normalized spacial score (nSPS) is 11.8. The van der Waals surface area contributed by atoms with E-state index >= 15 is 0 Å². The number of hydrogen-bond acceptors (Lipinski definition) is 3. The van der Waals surface area contributed by atoms with Gasteiger partial charge < -0.3 is 4.98 Å². The van der Waals surface area contributed by atoms with Crippen molar-refractivity contribution in [1.82, 2.24) is 9.97 Å². The summed E-state index contributed by atoms with van der Waals surface area (Å²) < 4.78 is 0. The monoisotopic (exact) mass is 223 g/mol. The van der Waals surface area contributed by atoms with Gasteiger partial charge in [-0.15, -0.1) is 0 Å². The van der Waals surface area contributed by atoms with E-state index in [9.17, 15) is 4.79 Å². The zero-order valence-corrected chi connectivity index (χ0v) is 9.24. The molecule has 0 aromatic carbocycles. The van der Waals surface area contributed by atoms with Crippen LogP contribution >= 0.6 is 0 Å². The minimum absolute atomic E-state index is 0.202. The summed E-state index contributed by atoms with van der Waals surface area (Å²) >= 11 is 0. The van der Waals surface area contributed by atoms with E-state index < -0.39 is 0 Å². The van der Waals surface area contributed by atoms with E-state index in [1.165, 1.54) is 0 Å². The Balaban J connectivity index is 2.41. The minimum atomic E-state index is -0.301. The third kappa shape index (κ3) is 1.23. The summed E-state index contributed by atoms with van der Waals surface area (Å²) in [5.41, 5.74) is 4.69. The standard InChI is InChI=1S/C13H9N3O/c1-7-10(5-14)13(17)16-11-4-8-6-15-3-2-9(8)12(7)11/h2-3,6H,4H2,1H3,(H,16,17). The molecule has 0 aliphatic heterocycles. The summed E-state index contributed by atoms with van der Waals surface area (Å²) in [6, 6.07) is 3.89. The maximum absolute atomic E-state index is 11.7. The number of aromatic amines is 1. The van der Waals surface area contributed by atoms with Gasteiger partial charge in [0.2, 0.25) is 0 Å².